The molecule has 5 heteroatoms. The molecular formula is C13H24N2O3. The molecule has 1 aliphatic heterocycles. The van der Waals surface area contributed by atoms with Crippen LogP contribution in [0, 0.1) is 5.41 Å². The van der Waals surface area contributed by atoms with Gasteiger partial charge in [-0.2, -0.15) is 0 Å². The molecule has 1 aliphatic carbocycles. The first-order chi connectivity index (χ1) is 8.74. The van der Waals surface area contributed by atoms with Crippen LogP contribution in [0.5, 0.6) is 0 Å². The lowest BCUT2D eigenvalue weighted by Crippen LogP contribution is -2.43. The highest BCUT2D eigenvalue weighted by Crippen LogP contribution is 2.47. The summed E-state index contributed by atoms with van der Waals surface area (Å²) in [6, 6.07) is 0.278. The molecule has 0 aromatic heterocycles. The Morgan fingerprint density at radius 3 is 2.67 bits per heavy atom. The zero-order valence-corrected chi connectivity index (χ0v) is 10.9. The van der Waals surface area contributed by atoms with Crippen molar-refractivity contribution in [3.8, 4) is 0 Å². The van der Waals surface area contributed by atoms with Crippen LogP contribution in [0.2, 0.25) is 0 Å². The van der Waals surface area contributed by atoms with Crippen LogP contribution in [0.4, 0.5) is 0 Å². The highest BCUT2D eigenvalue weighted by Gasteiger charge is 2.41. The van der Waals surface area contributed by atoms with Crippen LogP contribution in [0.25, 0.3) is 0 Å². The lowest BCUT2D eigenvalue weighted by Gasteiger charge is -2.23. The average molecular weight is 256 g/mol. The zero-order chi connectivity index (χ0) is 12.8. The first kappa shape index (κ1) is 13.8. The molecule has 0 unspecified atom stereocenters. The molecule has 0 aromatic rings. The standard InChI is InChI=1S/C13H24N2O3/c16-6-5-13(3-4-13)10-14-9-12(17)15-11-1-7-18-8-2-11/h11,14,16H,1-10H2,(H,15,17). The van der Waals surface area contributed by atoms with Crippen LogP contribution in [0.3, 0.4) is 0 Å². The minimum Gasteiger partial charge on any atom is -0.396 e. The predicted molar refractivity (Wildman–Crippen MR) is 68.2 cm³/mol. The normalized spacial score (nSPS) is 22.7. The number of rotatable bonds is 7. The number of carbonyl (C=O) groups excluding carboxylic acids is 1. The summed E-state index contributed by atoms with van der Waals surface area (Å²) in [5, 5.41) is 15.2. The molecular weight excluding hydrogens is 232 g/mol. The highest BCUT2D eigenvalue weighted by atomic mass is 16.5. The van der Waals surface area contributed by atoms with Crippen LogP contribution in [-0.2, 0) is 9.53 Å². The van der Waals surface area contributed by atoms with Gasteiger partial charge in [0.25, 0.3) is 0 Å². The maximum absolute atomic E-state index is 11.7. The second-order valence-corrected chi connectivity index (χ2v) is 5.53. The van der Waals surface area contributed by atoms with E-state index in [0.29, 0.717) is 6.54 Å². The van der Waals surface area contributed by atoms with E-state index in [1.807, 2.05) is 0 Å². The van der Waals surface area contributed by atoms with Crippen molar-refractivity contribution in [3.05, 3.63) is 0 Å². The highest BCUT2D eigenvalue weighted by molar-refractivity contribution is 5.78. The fraction of sp³-hybridized carbons (Fsp3) is 0.923. The monoisotopic (exact) mass is 256 g/mol. The van der Waals surface area contributed by atoms with Gasteiger partial charge < -0.3 is 20.5 Å². The van der Waals surface area contributed by atoms with E-state index < -0.39 is 0 Å². The first-order valence-electron chi connectivity index (χ1n) is 6.93. The maximum atomic E-state index is 11.7. The Morgan fingerprint density at radius 1 is 1.33 bits per heavy atom. The Hall–Kier alpha value is -0.650. The molecule has 0 spiro atoms. The zero-order valence-electron chi connectivity index (χ0n) is 10.9. The van der Waals surface area contributed by atoms with Crippen LogP contribution >= 0.6 is 0 Å². The second kappa shape index (κ2) is 6.50. The molecule has 1 saturated carbocycles. The van der Waals surface area contributed by atoms with Crippen LogP contribution in [0.15, 0.2) is 0 Å². The number of nitrogens with one attached hydrogen (secondary N) is 2. The number of ether oxygens (including phenoxy) is 1. The number of hydrogen-bond donors (Lipinski definition) is 3. The summed E-state index contributed by atoms with van der Waals surface area (Å²) < 4.78 is 5.25. The van der Waals surface area contributed by atoms with Crippen LogP contribution < -0.4 is 10.6 Å². The molecule has 0 atom stereocenters. The van der Waals surface area contributed by atoms with Gasteiger partial charge in [0, 0.05) is 32.4 Å². The molecule has 104 valence electrons. The Labute approximate surface area is 108 Å². The molecule has 0 radical (unpaired) electrons. The molecule has 0 aromatic carbocycles. The molecule has 2 fully saturated rings. The molecule has 5 nitrogen and oxygen atoms in total. The summed E-state index contributed by atoms with van der Waals surface area (Å²) in [5.74, 6) is 0.0710. The Balaban J connectivity index is 1.57. The van der Waals surface area contributed by atoms with Gasteiger partial charge >= 0.3 is 0 Å². The van der Waals surface area contributed by atoms with Crippen molar-refractivity contribution in [2.75, 3.05) is 32.9 Å². The molecule has 0 bridgehead atoms. The molecule has 1 heterocycles. The molecule has 1 saturated heterocycles. The largest absolute Gasteiger partial charge is 0.396 e. The third kappa shape index (κ3) is 4.23. The molecule has 3 N–H and O–H groups in total. The first-order valence-corrected chi connectivity index (χ1v) is 6.93. The predicted octanol–water partition coefficient (Wildman–Crippen LogP) is 0.0338. The van der Waals surface area contributed by atoms with Gasteiger partial charge in [-0.25, -0.2) is 0 Å². The van der Waals surface area contributed by atoms with Crippen molar-refractivity contribution < 1.29 is 14.6 Å². The maximum Gasteiger partial charge on any atom is 0.234 e. The number of carbonyl (C=O) groups is 1. The van der Waals surface area contributed by atoms with E-state index in [1.165, 1.54) is 12.8 Å². The van der Waals surface area contributed by atoms with E-state index in [9.17, 15) is 4.79 Å². The van der Waals surface area contributed by atoms with Gasteiger partial charge in [-0.1, -0.05) is 0 Å². The minimum atomic E-state index is 0.0710. The smallest absolute Gasteiger partial charge is 0.234 e. The van der Waals surface area contributed by atoms with Crippen molar-refractivity contribution in [1.29, 1.82) is 0 Å². The topological polar surface area (TPSA) is 70.6 Å². The number of amides is 1. The summed E-state index contributed by atoms with van der Waals surface area (Å²) in [6.07, 6.45) is 5.02. The van der Waals surface area contributed by atoms with Crippen LogP contribution in [-0.4, -0.2) is 50.0 Å². The van der Waals surface area contributed by atoms with Gasteiger partial charge in [0.05, 0.1) is 6.54 Å². The quantitative estimate of drug-likeness (QED) is 0.601. The van der Waals surface area contributed by atoms with Gasteiger partial charge in [-0.15, -0.1) is 0 Å². The lowest BCUT2D eigenvalue weighted by atomic mass is 10.0. The molecule has 18 heavy (non-hydrogen) atoms. The lowest BCUT2D eigenvalue weighted by molar-refractivity contribution is -0.121. The van der Waals surface area contributed by atoms with Crippen molar-refractivity contribution in [2.45, 2.75) is 38.1 Å². The van der Waals surface area contributed by atoms with Gasteiger partial charge in [0.1, 0.15) is 0 Å². The number of aliphatic hydroxyl groups excluding tert-OH is 1. The average Bonchev–Trinajstić information content (AvgIpc) is 3.11. The van der Waals surface area contributed by atoms with E-state index in [0.717, 1.165) is 39.0 Å². The number of aliphatic hydroxyl groups is 1. The minimum absolute atomic E-state index is 0.0710. The van der Waals surface area contributed by atoms with E-state index in [1.54, 1.807) is 0 Å². The third-order valence-corrected chi connectivity index (χ3v) is 3.97. The van der Waals surface area contributed by atoms with Crippen LogP contribution in [0.1, 0.15) is 32.1 Å². The fourth-order valence-corrected chi connectivity index (χ4v) is 2.49. The summed E-state index contributed by atoms with van der Waals surface area (Å²) in [7, 11) is 0. The van der Waals surface area contributed by atoms with E-state index in [4.69, 9.17) is 9.84 Å². The Morgan fingerprint density at radius 2 is 2.06 bits per heavy atom. The number of hydrogen-bond acceptors (Lipinski definition) is 4. The van der Waals surface area contributed by atoms with Crippen molar-refractivity contribution in [2.24, 2.45) is 5.41 Å². The third-order valence-electron chi connectivity index (χ3n) is 3.97. The van der Waals surface area contributed by atoms with Gasteiger partial charge in [0.2, 0.25) is 5.91 Å². The summed E-state index contributed by atoms with van der Waals surface area (Å²) in [4.78, 5) is 11.7. The summed E-state index contributed by atoms with van der Waals surface area (Å²) in [5.41, 5.74) is 0.272. The second-order valence-electron chi connectivity index (χ2n) is 5.53. The summed E-state index contributed by atoms with van der Waals surface area (Å²) >= 11 is 0. The molecule has 2 rings (SSSR count). The van der Waals surface area contributed by atoms with Crippen molar-refractivity contribution in [1.82, 2.24) is 10.6 Å². The van der Waals surface area contributed by atoms with Gasteiger partial charge in [-0.05, 0) is 37.5 Å². The van der Waals surface area contributed by atoms with Crippen molar-refractivity contribution in [3.63, 3.8) is 0 Å². The molecule has 2 aliphatic rings. The molecule has 1 amide bonds. The summed E-state index contributed by atoms with van der Waals surface area (Å²) in [6.45, 7) is 2.96. The van der Waals surface area contributed by atoms with Crippen molar-refractivity contribution >= 4 is 5.91 Å². The van der Waals surface area contributed by atoms with E-state index in [2.05, 4.69) is 10.6 Å². The van der Waals surface area contributed by atoms with E-state index in [-0.39, 0.29) is 24.0 Å². The fourth-order valence-electron chi connectivity index (χ4n) is 2.49. The van der Waals surface area contributed by atoms with E-state index >= 15 is 0 Å². The van der Waals surface area contributed by atoms with Gasteiger partial charge in [0.15, 0.2) is 0 Å². The Bertz CT molecular complexity index is 273. The Kier molecular flexibility index (Phi) is 4.97. The SMILES string of the molecule is O=C(CNCC1(CCO)CC1)NC1CCOCC1. The van der Waals surface area contributed by atoms with Gasteiger partial charge in [-0.3, -0.25) is 4.79 Å².